The number of oxime groups is 1. The van der Waals surface area contributed by atoms with Crippen LogP contribution >= 0.6 is 0 Å². The van der Waals surface area contributed by atoms with E-state index < -0.39 is 0 Å². The van der Waals surface area contributed by atoms with E-state index in [1.165, 1.54) is 7.11 Å². The third-order valence-electron chi connectivity index (χ3n) is 3.70. The predicted molar refractivity (Wildman–Crippen MR) is 99.4 cm³/mol. The molecule has 0 saturated heterocycles. The van der Waals surface area contributed by atoms with Crippen molar-refractivity contribution in [1.82, 2.24) is 4.90 Å². The zero-order valence-electron chi connectivity index (χ0n) is 15.2. The standard InChI is InChI=1S/C20H24N2O3/c1-15-11-16(2)13-19(12-15)25-10-9-22(3)20(23)18-7-5-17(6-8-18)14-21-24-4/h5-8,11-14H,9-10H2,1-4H3/b21-14+. The van der Waals surface area contributed by atoms with E-state index in [1.54, 1.807) is 30.3 Å². The number of nitrogens with zero attached hydrogens (tertiary/aromatic N) is 2. The molecule has 2 aromatic rings. The lowest BCUT2D eigenvalue weighted by Crippen LogP contribution is -2.30. The van der Waals surface area contributed by atoms with E-state index in [9.17, 15) is 4.79 Å². The SMILES string of the molecule is CO/N=C/c1ccc(C(=O)N(C)CCOc2cc(C)cc(C)c2)cc1. The van der Waals surface area contributed by atoms with Crippen LogP contribution in [0.4, 0.5) is 0 Å². The molecule has 0 saturated carbocycles. The van der Waals surface area contributed by atoms with Crippen molar-refractivity contribution in [3.63, 3.8) is 0 Å². The molecule has 0 atom stereocenters. The van der Waals surface area contributed by atoms with Gasteiger partial charge in [0, 0.05) is 12.6 Å². The van der Waals surface area contributed by atoms with Gasteiger partial charge in [-0.25, -0.2) is 0 Å². The molecular formula is C20H24N2O3. The van der Waals surface area contributed by atoms with Gasteiger partial charge in [0.15, 0.2) is 0 Å². The number of benzene rings is 2. The van der Waals surface area contributed by atoms with E-state index in [-0.39, 0.29) is 5.91 Å². The highest BCUT2D eigenvalue weighted by Gasteiger charge is 2.11. The number of hydrogen-bond acceptors (Lipinski definition) is 4. The normalized spacial score (nSPS) is 10.7. The number of likely N-dealkylation sites (N-methyl/N-ethyl adjacent to an activating group) is 1. The molecule has 2 rings (SSSR count). The number of carbonyl (C=O) groups excluding carboxylic acids is 1. The Bertz CT molecular complexity index is 719. The monoisotopic (exact) mass is 340 g/mol. The fraction of sp³-hybridized carbons (Fsp3) is 0.300. The first-order chi connectivity index (χ1) is 12.0. The molecular weight excluding hydrogens is 316 g/mol. The largest absolute Gasteiger partial charge is 0.492 e. The summed E-state index contributed by atoms with van der Waals surface area (Å²) < 4.78 is 5.76. The molecule has 5 nitrogen and oxygen atoms in total. The van der Waals surface area contributed by atoms with E-state index in [4.69, 9.17) is 4.74 Å². The van der Waals surface area contributed by atoms with Gasteiger partial charge in [-0.3, -0.25) is 4.79 Å². The van der Waals surface area contributed by atoms with Crippen molar-refractivity contribution < 1.29 is 14.4 Å². The molecule has 25 heavy (non-hydrogen) atoms. The molecule has 0 aliphatic rings. The second kappa shape index (κ2) is 8.87. The van der Waals surface area contributed by atoms with Crippen LogP contribution in [-0.2, 0) is 4.84 Å². The van der Waals surface area contributed by atoms with Gasteiger partial charge in [-0.2, -0.15) is 0 Å². The summed E-state index contributed by atoms with van der Waals surface area (Å²) in [5.74, 6) is 0.791. The first-order valence-corrected chi connectivity index (χ1v) is 8.13. The second-order valence-electron chi connectivity index (χ2n) is 5.94. The first kappa shape index (κ1) is 18.5. The van der Waals surface area contributed by atoms with Gasteiger partial charge in [-0.15, -0.1) is 0 Å². The fourth-order valence-corrected chi connectivity index (χ4v) is 2.46. The van der Waals surface area contributed by atoms with Crippen LogP contribution in [0.3, 0.4) is 0 Å². The van der Waals surface area contributed by atoms with E-state index >= 15 is 0 Å². The number of ether oxygens (including phenoxy) is 1. The fourth-order valence-electron chi connectivity index (χ4n) is 2.46. The summed E-state index contributed by atoms with van der Waals surface area (Å²) in [6, 6.07) is 13.3. The summed E-state index contributed by atoms with van der Waals surface area (Å²) in [4.78, 5) is 18.7. The average molecular weight is 340 g/mol. The summed E-state index contributed by atoms with van der Waals surface area (Å²) in [5, 5.41) is 3.70. The number of rotatable bonds is 7. The lowest BCUT2D eigenvalue weighted by atomic mass is 10.1. The molecule has 0 aromatic heterocycles. The van der Waals surface area contributed by atoms with Crippen molar-refractivity contribution in [3.8, 4) is 5.75 Å². The van der Waals surface area contributed by atoms with Crippen LogP contribution in [0.5, 0.6) is 5.75 Å². The molecule has 0 bridgehead atoms. The van der Waals surface area contributed by atoms with Gasteiger partial charge in [-0.1, -0.05) is 23.4 Å². The Morgan fingerprint density at radius 1 is 1.12 bits per heavy atom. The second-order valence-corrected chi connectivity index (χ2v) is 5.94. The van der Waals surface area contributed by atoms with Crippen molar-refractivity contribution in [2.45, 2.75) is 13.8 Å². The van der Waals surface area contributed by atoms with Gasteiger partial charge in [-0.05, 0) is 54.8 Å². The van der Waals surface area contributed by atoms with Crippen molar-refractivity contribution in [3.05, 3.63) is 64.7 Å². The minimum Gasteiger partial charge on any atom is -0.492 e. The van der Waals surface area contributed by atoms with Gasteiger partial charge in [0.05, 0.1) is 12.8 Å². The third kappa shape index (κ3) is 5.64. The van der Waals surface area contributed by atoms with Crippen LogP contribution in [0.2, 0.25) is 0 Å². The number of aryl methyl sites for hydroxylation is 2. The van der Waals surface area contributed by atoms with Crippen LogP contribution in [-0.4, -0.2) is 44.3 Å². The lowest BCUT2D eigenvalue weighted by Gasteiger charge is -2.18. The molecule has 0 spiro atoms. The van der Waals surface area contributed by atoms with Crippen LogP contribution < -0.4 is 4.74 Å². The van der Waals surface area contributed by atoms with Crippen molar-refractivity contribution in [1.29, 1.82) is 0 Å². The zero-order chi connectivity index (χ0) is 18.2. The molecule has 0 N–H and O–H groups in total. The highest BCUT2D eigenvalue weighted by molar-refractivity contribution is 5.94. The summed E-state index contributed by atoms with van der Waals surface area (Å²) in [5.41, 5.74) is 3.83. The van der Waals surface area contributed by atoms with E-state index in [0.717, 1.165) is 22.4 Å². The molecule has 0 aliphatic carbocycles. The van der Waals surface area contributed by atoms with Gasteiger partial charge >= 0.3 is 0 Å². The zero-order valence-corrected chi connectivity index (χ0v) is 15.2. The Hall–Kier alpha value is -2.82. The van der Waals surface area contributed by atoms with E-state index in [2.05, 4.69) is 16.1 Å². The Morgan fingerprint density at radius 3 is 2.36 bits per heavy atom. The van der Waals surface area contributed by atoms with Crippen LogP contribution in [0.15, 0.2) is 47.6 Å². The third-order valence-corrected chi connectivity index (χ3v) is 3.70. The molecule has 5 heteroatoms. The molecule has 2 aromatic carbocycles. The van der Waals surface area contributed by atoms with Crippen LogP contribution in [0, 0.1) is 13.8 Å². The maximum atomic E-state index is 12.4. The summed E-state index contributed by atoms with van der Waals surface area (Å²) in [6.07, 6.45) is 1.59. The maximum Gasteiger partial charge on any atom is 0.253 e. The number of amides is 1. The average Bonchev–Trinajstić information content (AvgIpc) is 2.59. The molecule has 0 fully saturated rings. The number of carbonyl (C=O) groups is 1. The minimum atomic E-state index is -0.0424. The van der Waals surface area contributed by atoms with Crippen LogP contribution in [0.1, 0.15) is 27.0 Å². The van der Waals surface area contributed by atoms with Crippen molar-refractivity contribution in [2.24, 2.45) is 5.16 Å². The molecule has 1 amide bonds. The molecule has 0 heterocycles. The molecule has 132 valence electrons. The lowest BCUT2D eigenvalue weighted by molar-refractivity contribution is 0.0773. The van der Waals surface area contributed by atoms with E-state index in [0.29, 0.717) is 18.7 Å². The van der Waals surface area contributed by atoms with Gasteiger partial charge in [0.1, 0.15) is 19.5 Å². The topological polar surface area (TPSA) is 51.1 Å². The summed E-state index contributed by atoms with van der Waals surface area (Å²) in [6.45, 7) is 5.04. The Balaban J connectivity index is 1.88. The highest BCUT2D eigenvalue weighted by Crippen LogP contribution is 2.16. The maximum absolute atomic E-state index is 12.4. The first-order valence-electron chi connectivity index (χ1n) is 8.13. The van der Waals surface area contributed by atoms with Gasteiger partial charge < -0.3 is 14.5 Å². The predicted octanol–water partition coefficient (Wildman–Crippen LogP) is 3.43. The minimum absolute atomic E-state index is 0.0424. The smallest absolute Gasteiger partial charge is 0.253 e. The summed E-state index contributed by atoms with van der Waals surface area (Å²) in [7, 11) is 3.26. The van der Waals surface area contributed by atoms with Gasteiger partial charge in [0.25, 0.3) is 5.91 Å². The Labute approximate surface area is 148 Å². The molecule has 0 radical (unpaired) electrons. The van der Waals surface area contributed by atoms with E-state index in [1.807, 2.05) is 38.1 Å². The van der Waals surface area contributed by atoms with Gasteiger partial charge in [0.2, 0.25) is 0 Å². The van der Waals surface area contributed by atoms with Crippen LogP contribution in [0.25, 0.3) is 0 Å². The quantitative estimate of drug-likeness (QED) is 0.573. The number of hydrogen-bond donors (Lipinski definition) is 0. The Kier molecular flexibility index (Phi) is 6.57. The van der Waals surface area contributed by atoms with Crippen molar-refractivity contribution in [2.75, 3.05) is 27.3 Å². The molecule has 0 unspecified atom stereocenters. The Morgan fingerprint density at radius 2 is 1.76 bits per heavy atom. The highest BCUT2D eigenvalue weighted by atomic mass is 16.6. The van der Waals surface area contributed by atoms with Crippen molar-refractivity contribution >= 4 is 12.1 Å². The molecule has 0 aliphatic heterocycles. The summed E-state index contributed by atoms with van der Waals surface area (Å²) >= 11 is 0.